The molecule has 2 aliphatic heterocycles. The van der Waals surface area contributed by atoms with Crippen LogP contribution >= 0.6 is 0 Å². The summed E-state index contributed by atoms with van der Waals surface area (Å²) in [6, 6.07) is -0.228. The minimum atomic E-state index is -0.504. The largest absolute Gasteiger partial charge is 0.442 e. The standard InChI is InChI=1S/C29H46N2O6/c1-7-16-31(6)27(33)36-22(3)10-12-25(32)30-23-18-34-26(35-19-23)13-9-21(2)8-11-24-17-29(14-15-29)20-28(4,5)37-24/h8-12,22-24,26H,7,13-20H2,1-6H3,(H,30,32)/b11-8+,12-10-,21-9+/t22-,23-,24+,26+/m0/s1. The van der Waals surface area contributed by atoms with E-state index in [2.05, 4.69) is 44.3 Å². The van der Waals surface area contributed by atoms with E-state index in [1.54, 1.807) is 20.0 Å². The average molecular weight is 519 g/mol. The van der Waals surface area contributed by atoms with Crippen LogP contribution in [0.25, 0.3) is 0 Å². The van der Waals surface area contributed by atoms with Gasteiger partial charge in [-0.05, 0) is 71.3 Å². The number of nitrogens with one attached hydrogen (secondary N) is 1. The van der Waals surface area contributed by atoms with E-state index in [4.69, 9.17) is 18.9 Å². The van der Waals surface area contributed by atoms with Crippen LogP contribution in [0.3, 0.4) is 0 Å². The summed E-state index contributed by atoms with van der Waals surface area (Å²) in [5, 5.41) is 2.86. The number of hydrogen-bond acceptors (Lipinski definition) is 6. The minimum absolute atomic E-state index is 0.0523. The summed E-state index contributed by atoms with van der Waals surface area (Å²) in [6.45, 7) is 11.6. The molecule has 1 spiro atoms. The Bertz CT molecular complexity index is 862. The minimum Gasteiger partial charge on any atom is -0.442 e. The van der Waals surface area contributed by atoms with Crippen LogP contribution < -0.4 is 5.32 Å². The summed E-state index contributed by atoms with van der Waals surface area (Å²) in [4.78, 5) is 25.7. The molecule has 3 rings (SSSR count). The van der Waals surface area contributed by atoms with E-state index in [9.17, 15) is 9.59 Å². The molecule has 37 heavy (non-hydrogen) atoms. The highest BCUT2D eigenvalue weighted by atomic mass is 16.7. The van der Waals surface area contributed by atoms with E-state index < -0.39 is 12.2 Å². The molecule has 8 heteroatoms. The van der Waals surface area contributed by atoms with Crippen LogP contribution in [0.1, 0.15) is 73.1 Å². The zero-order chi connectivity index (χ0) is 27.1. The molecule has 208 valence electrons. The number of allylic oxidation sites excluding steroid dienone is 2. The molecule has 0 aromatic carbocycles. The van der Waals surface area contributed by atoms with E-state index >= 15 is 0 Å². The van der Waals surface area contributed by atoms with Gasteiger partial charge < -0.3 is 29.2 Å². The Kier molecular flexibility index (Phi) is 10.4. The van der Waals surface area contributed by atoms with Crippen LogP contribution in [0.15, 0.2) is 36.0 Å². The molecule has 0 unspecified atom stereocenters. The number of rotatable bonds is 10. The molecule has 3 fully saturated rings. The van der Waals surface area contributed by atoms with Crippen molar-refractivity contribution in [2.75, 3.05) is 26.8 Å². The fourth-order valence-corrected chi connectivity index (χ4v) is 5.12. The number of amides is 2. The third-order valence-corrected chi connectivity index (χ3v) is 7.06. The maximum atomic E-state index is 12.2. The Morgan fingerprint density at radius 1 is 1.19 bits per heavy atom. The van der Waals surface area contributed by atoms with Crippen molar-refractivity contribution in [3.05, 3.63) is 36.0 Å². The van der Waals surface area contributed by atoms with Crippen LogP contribution in [0.5, 0.6) is 0 Å². The van der Waals surface area contributed by atoms with Gasteiger partial charge in [-0.1, -0.05) is 30.7 Å². The molecule has 0 bridgehead atoms. The molecule has 2 amide bonds. The topological polar surface area (TPSA) is 86.3 Å². The van der Waals surface area contributed by atoms with Crippen LogP contribution in [-0.4, -0.2) is 73.8 Å². The average Bonchev–Trinajstić information content (AvgIpc) is 3.57. The summed E-state index contributed by atoms with van der Waals surface area (Å²) in [6.07, 6.45) is 14.8. The van der Waals surface area contributed by atoms with Gasteiger partial charge in [0.15, 0.2) is 6.29 Å². The lowest BCUT2D eigenvalue weighted by Gasteiger charge is -2.40. The van der Waals surface area contributed by atoms with Crippen LogP contribution in [0.4, 0.5) is 4.79 Å². The molecule has 0 aromatic heterocycles. The molecule has 2 heterocycles. The summed E-state index contributed by atoms with van der Waals surface area (Å²) < 4.78 is 23.2. The quantitative estimate of drug-likeness (QED) is 0.327. The fraction of sp³-hybridized carbons (Fsp3) is 0.724. The molecule has 2 atom stereocenters. The number of nitrogens with zero attached hydrogens (tertiary/aromatic N) is 1. The first kappa shape index (κ1) is 29.4. The maximum absolute atomic E-state index is 12.2. The molecule has 1 N–H and O–H groups in total. The van der Waals surface area contributed by atoms with Crippen LogP contribution in [-0.2, 0) is 23.7 Å². The normalized spacial score (nSPS) is 27.8. The van der Waals surface area contributed by atoms with Crippen molar-refractivity contribution in [3.63, 3.8) is 0 Å². The SMILES string of the molecule is CCCN(C)C(=O)O[C@@H](C)/C=C\C(=O)N[C@H]1CO[C@@H](C/C=C(C)/C=C/[C@@H]2CC3(CC3)CC(C)(C)O2)OC1. The predicted molar refractivity (Wildman–Crippen MR) is 143 cm³/mol. The molecule has 1 aliphatic carbocycles. The first-order chi connectivity index (χ1) is 17.5. The van der Waals surface area contributed by atoms with Gasteiger partial charge >= 0.3 is 6.09 Å². The Hall–Kier alpha value is -2.16. The Balaban J connectivity index is 1.34. The highest BCUT2D eigenvalue weighted by molar-refractivity contribution is 5.87. The van der Waals surface area contributed by atoms with Crippen molar-refractivity contribution < 1.29 is 28.5 Å². The smallest absolute Gasteiger partial charge is 0.410 e. The first-order valence-corrected chi connectivity index (χ1v) is 13.7. The monoisotopic (exact) mass is 518 g/mol. The molecular weight excluding hydrogens is 472 g/mol. The third kappa shape index (κ3) is 9.91. The van der Waals surface area contributed by atoms with Crippen LogP contribution in [0, 0.1) is 5.41 Å². The summed E-state index contributed by atoms with van der Waals surface area (Å²) in [7, 11) is 1.69. The Labute approximate surface area is 222 Å². The lowest BCUT2D eigenvalue weighted by Crippen LogP contribution is -2.46. The molecule has 8 nitrogen and oxygen atoms in total. The van der Waals surface area contributed by atoms with Crippen molar-refractivity contribution in [2.24, 2.45) is 5.41 Å². The van der Waals surface area contributed by atoms with Gasteiger partial charge in [-0.2, -0.15) is 0 Å². The Morgan fingerprint density at radius 3 is 2.54 bits per heavy atom. The van der Waals surface area contributed by atoms with E-state index in [1.165, 1.54) is 30.2 Å². The zero-order valence-corrected chi connectivity index (χ0v) is 23.5. The second-order valence-corrected chi connectivity index (χ2v) is 11.5. The van der Waals surface area contributed by atoms with Gasteiger partial charge in [-0.3, -0.25) is 4.79 Å². The van der Waals surface area contributed by atoms with Crippen molar-refractivity contribution in [1.82, 2.24) is 10.2 Å². The number of ether oxygens (including phenoxy) is 4. The van der Waals surface area contributed by atoms with Gasteiger partial charge in [-0.15, -0.1) is 0 Å². The second-order valence-electron chi connectivity index (χ2n) is 11.5. The molecule has 0 radical (unpaired) electrons. The Morgan fingerprint density at radius 2 is 1.89 bits per heavy atom. The number of carbonyl (C=O) groups is 2. The van der Waals surface area contributed by atoms with E-state index in [-0.39, 0.29) is 29.9 Å². The van der Waals surface area contributed by atoms with E-state index in [0.717, 1.165) is 18.4 Å². The van der Waals surface area contributed by atoms with Crippen molar-refractivity contribution >= 4 is 12.0 Å². The summed E-state index contributed by atoms with van der Waals surface area (Å²) >= 11 is 0. The molecule has 0 aromatic rings. The van der Waals surface area contributed by atoms with Gasteiger partial charge in [0, 0.05) is 26.1 Å². The predicted octanol–water partition coefficient (Wildman–Crippen LogP) is 4.90. The molecule has 3 aliphatic rings. The second kappa shape index (κ2) is 13.1. The summed E-state index contributed by atoms with van der Waals surface area (Å²) in [5.74, 6) is -0.276. The lowest BCUT2D eigenvalue weighted by atomic mass is 9.82. The van der Waals surface area contributed by atoms with Crippen molar-refractivity contribution in [1.29, 1.82) is 0 Å². The van der Waals surface area contributed by atoms with Gasteiger partial charge in [-0.25, -0.2) is 4.79 Å². The number of carbonyl (C=O) groups excluding carboxylic acids is 2. The first-order valence-electron chi connectivity index (χ1n) is 13.7. The number of hydrogen-bond donors (Lipinski definition) is 1. The fourth-order valence-electron chi connectivity index (χ4n) is 5.12. The highest BCUT2D eigenvalue weighted by Crippen LogP contribution is 2.58. The van der Waals surface area contributed by atoms with E-state index in [0.29, 0.717) is 31.6 Å². The van der Waals surface area contributed by atoms with E-state index in [1.807, 2.05) is 6.92 Å². The van der Waals surface area contributed by atoms with Gasteiger partial charge in [0.1, 0.15) is 6.10 Å². The van der Waals surface area contributed by atoms with Gasteiger partial charge in [0.05, 0.1) is 31.0 Å². The van der Waals surface area contributed by atoms with Crippen LogP contribution in [0.2, 0.25) is 0 Å². The maximum Gasteiger partial charge on any atom is 0.410 e. The third-order valence-electron chi connectivity index (χ3n) is 7.06. The van der Waals surface area contributed by atoms with Gasteiger partial charge in [0.2, 0.25) is 5.91 Å². The lowest BCUT2D eigenvalue weighted by molar-refractivity contribution is -0.187. The zero-order valence-electron chi connectivity index (χ0n) is 23.5. The highest BCUT2D eigenvalue weighted by Gasteiger charge is 2.51. The molecular formula is C29H46N2O6. The molecule has 1 saturated carbocycles. The van der Waals surface area contributed by atoms with Gasteiger partial charge in [0.25, 0.3) is 0 Å². The summed E-state index contributed by atoms with van der Waals surface area (Å²) in [5.41, 5.74) is 1.61. The van der Waals surface area contributed by atoms with Crippen molar-refractivity contribution in [3.8, 4) is 0 Å². The van der Waals surface area contributed by atoms with Crippen molar-refractivity contribution in [2.45, 2.75) is 103 Å². The molecule has 2 saturated heterocycles.